The molecule has 4 N–H and O–H groups in total. The van der Waals surface area contributed by atoms with Crippen molar-refractivity contribution in [3.8, 4) is 0 Å². The van der Waals surface area contributed by atoms with Gasteiger partial charge in [0.1, 0.15) is 7.55 Å². The predicted octanol–water partition coefficient (Wildman–Crippen LogP) is 2.07. The molecule has 0 bridgehead atoms. The van der Waals surface area contributed by atoms with Crippen LogP contribution in [0.3, 0.4) is 0 Å². The molecule has 2 unspecified atom stereocenters. The van der Waals surface area contributed by atoms with Gasteiger partial charge < -0.3 is 11.1 Å². The number of rotatable bonds is 6. The van der Waals surface area contributed by atoms with E-state index < -0.39 is 12.3 Å². The molecule has 4 nitrogen and oxygen atoms in total. The Hall–Kier alpha value is -1.39. The number of nitrogens with one attached hydrogen (secondary N) is 1. The number of nitrogens with zero attached hydrogens (tertiary/aromatic N) is 2. The van der Waals surface area contributed by atoms with Gasteiger partial charge in [-0.15, -0.1) is 19.7 Å². The third-order valence-electron chi connectivity index (χ3n) is 1.92. The van der Waals surface area contributed by atoms with Crippen molar-refractivity contribution < 1.29 is 4.15 Å². The zero-order valence-electron chi connectivity index (χ0n) is 12.6. The first-order valence-electron chi connectivity index (χ1n) is 6.33. The maximum atomic E-state index is 8.42. The zero-order valence-corrected chi connectivity index (χ0v) is 9.60. The molecule has 0 aromatic carbocycles. The second kappa shape index (κ2) is 7.84. The van der Waals surface area contributed by atoms with Gasteiger partial charge >= 0.3 is 0 Å². The lowest BCUT2D eigenvalue weighted by atomic mass is 10.2. The molecule has 16 heavy (non-hydrogen) atoms. The summed E-state index contributed by atoms with van der Waals surface area (Å²) in [5, 5.41) is 0.882. The molecule has 0 amide bonds. The molecule has 0 aliphatic carbocycles. The summed E-state index contributed by atoms with van der Waals surface area (Å²) in [4.78, 5) is 5.60. The smallest absolute Gasteiger partial charge is 0.126 e. The molecular weight excluding hydrogens is 200 g/mol. The minimum atomic E-state index is -1.51. The fourth-order valence-corrected chi connectivity index (χ4v) is 1.26. The molecule has 0 aromatic heterocycles. The lowest BCUT2D eigenvalue weighted by Gasteiger charge is -2.35. The Labute approximate surface area is 102 Å². The van der Waals surface area contributed by atoms with E-state index in [4.69, 9.17) is 4.15 Å². The Morgan fingerprint density at radius 2 is 2.06 bits per heavy atom. The highest BCUT2D eigenvalue weighted by atomic mass is 15.3. The molecule has 0 spiro atoms. The molecule has 90 valence electrons. The Balaban J connectivity index is 0.00000324. The van der Waals surface area contributed by atoms with E-state index in [0.29, 0.717) is 6.54 Å². The standard InChI is InChI=1S/C12H19N3.H3N/c1-4-7-11-13-10-15(9-6-3)12(14-11)8-5-2;/h4-6,10-12,14H,1-3,7-9H2;1H3/i11D,12D;/hD. The minimum Gasteiger partial charge on any atom is -0.344 e. The molecule has 0 fully saturated rings. The summed E-state index contributed by atoms with van der Waals surface area (Å²) < 4.78 is 24.6. The summed E-state index contributed by atoms with van der Waals surface area (Å²) in [6.45, 7) is 11.2. The SMILES string of the molecule is N.[2H]N1C([2H])(CC=C)N=CN(CC=C)C1([2H])CC=C. The van der Waals surface area contributed by atoms with Crippen molar-refractivity contribution >= 4 is 6.34 Å². The Kier molecular flexibility index (Phi) is 4.81. The quantitative estimate of drug-likeness (QED) is 0.680. The third kappa shape index (κ3) is 4.00. The summed E-state index contributed by atoms with van der Waals surface area (Å²) in [5.41, 5.74) is 0. The van der Waals surface area contributed by atoms with Crippen molar-refractivity contribution in [3.63, 3.8) is 0 Å². The van der Waals surface area contributed by atoms with Crippen molar-refractivity contribution in [3.05, 3.63) is 38.0 Å². The molecular formula is C12H22N4. The fourth-order valence-electron chi connectivity index (χ4n) is 1.26. The van der Waals surface area contributed by atoms with Crippen LogP contribution < -0.4 is 11.5 Å². The van der Waals surface area contributed by atoms with Gasteiger partial charge in [-0.1, -0.05) is 18.2 Å². The van der Waals surface area contributed by atoms with Gasteiger partial charge in [0.25, 0.3) is 0 Å². The molecule has 4 heteroatoms. The van der Waals surface area contributed by atoms with Crippen LogP contribution in [0.25, 0.3) is 0 Å². The summed E-state index contributed by atoms with van der Waals surface area (Å²) >= 11 is 0. The Morgan fingerprint density at radius 3 is 2.62 bits per heavy atom. The first-order chi connectivity index (χ1) is 8.44. The van der Waals surface area contributed by atoms with E-state index in [9.17, 15) is 0 Å². The van der Waals surface area contributed by atoms with Gasteiger partial charge in [-0.05, 0) is 6.42 Å². The van der Waals surface area contributed by atoms with E-state index in [1.165, 1.54) is 12.4 Å². The maximum Gasteiger partial charge on any atom is 0.126 e. The summed E-state index contributed by atoms with van der Waals surface area (Å²) in [6.07, 6.45) is 3.69. The Bertz CT molecular complexity index is 374. The van der Waals surface area contributed by atoms with Crippen LogP contribution in [0.5, 0.6) is 0 Å². The molecule has 0 saturated carbocycles. The molecule has 2 atom stereocenters. The van der Waals surface area contributed by atoms with Crippen LogP contribution in [0.2, 0.25) is 1.41 Å². The molecule has 1 heterocycles. The van der Waals surface area contributed by atoms with Gasteiger partial charge in [-0.25, -0.2) is 0 Å². The van der Waals surface area contributed by atoms with Crippen LogP contribution in [0.4, 0.5) is 0 Å². The van der Waals surface area contributed by atoms with Gasteiger partial charge in [-0.3, -0.25) is 10.3 Å². The van der Waals surface area contributed by atoms with Crippen molar-refractivity contribution in [2.24, 2.45) is 4.99 Å². The maximum absolute atomic E-state index is 8.42. The van der Waals surface area contributed by atoms with E-state index in [2.05, 4.69) is 24.7 Å². The monoisotopic (exact) mass is 225 g/mol. The summed E-state index contributed by atoms with van der Waals surface area (Å²) in [7, 11) is 0. The van der Waals surface area contributed by atoms with Crippen LogP contribution in [-0.4, -0.2) is 30.1 Å². The third-order valence-corrected chi connectivity index (χ3v) is 1.92. The van der Waals surface area contributed by atoms with Crippen molar-refractivity contribution in [2.45, 2.75) is 25.1 Å². The molecule has 1 aliphatic rings. The molecule has 1 aliphatic heterocycles. The first-order valence-corrected chi connectivity index (χ1v) is 4.88. The van der Waals surface area contributed by atoms with Crippen LogP contribution in [0, 0.1) is 0 Å². The lowest BCUT2D eigenvalue weighted by molar-refractivity contribution is 0.244. The van der Waals surface area contributed by atoms with Crippen molar-refractivity contribution in [1.82, 2.24) is 16.4 Å². The number of aliphatic imine (C=N–C) groups is 1. The zero-order chi connectivity index (χ0) is 13.8. The van der Waals surface area contributed by atoms with E-state index in [-0.39, 0.29) is 19.0 Å². The van der Waals surface area contributed by atoms with Crippen molar-refractivity contribution in [1.29, 1.82) is 0 Å². The average molecular weight is 225 g/mol. The highest BCUT2D eigenvalue weighted by Crippen LogP contribution is 2.09. The molecule has 0 saturated heterocycles. The fraction of sp³-hybridized carbons (Fsp3) is 0.417. The van der Waals surface area contributed by atoms with Gasteiger partial charge in [0, 0.05) is 13.0 Å². The predicted molar refractivity (Wildman–Crippen MR) is 70.8 cm³/mol. The van der Waals surface area contributed by atoms with Crippen molar-refractivity contribution in [2.75, 3.05) is 6.54 Å². The summed E-state index contributed by atoms with van der Waals surface area (Å²) in [6, 6.07) is 0. The summed E-state index contributed by atoms with van der Waals surface area (Å²) in [5.74, 6) is 0. The van der Waals surface area contributed by atoms with E-state index in [1.54, 1.807) is 17.1 Å². The highest BCUT2D eigenvalue weighted by Gasteiger charge is 2.20. The van der Waals surface area contributed by atoms with Gasteiger partial charge in [-0.2, -0.15) is 0 Å². The molecule has 0 radical (unpaired) electrons. The number of hydrogen-bond acceptors (Lipinski definition) is 4. The van der Waals surface area contributed by atoms with Crippen LogP contribution in [-0.2, 0) is 0 Å². The average Bonchev–Trinajstić information content (AvgIpc) is 2.32. The van der Waals surface area contributed by atoms with Gasteiger partial charge in [0.05, 0.1) is 15.2 Å². The van der Waals surface area contributed by atoms with E-state index in [0.717, 1.165) is 5.31 Å². The van der Waals surface area contributed by atoms with Crippen LogP contribution in [0.15, 0.2) is 43.0 Å². The normalized spacial score (nSPS) is 36.5. The highest BCUT2D eigenvalue weighted by molar-refractivity contribution is 5.57. The van der Waals surface area contributed by atoms with Crippen LogP contribution >= 0.6 is 0 Å². The van der Waals surface area contributed by atoms with Crippen LogP contribution in [0.1, 0.15) is 15.6 Å². The topological polar surface area (TPSA) is 62.6 Å². The second-order valence-electron chi connectivity index (χ2n) is 3.12. The lowest BCUT2D eigenvalue weighted by Crippen LogP contribution is -2.52. The van der Waals surface area contributed by atoms with Gasteiger partial charge in [0.15, 0.2) is 0 Å². The van der Waals surface area contributed by atoms with E-state index in [1.807, 2.05) is 0 Å². The largest absolute Gasteiger partial charge is 0.344 e. The van der Waals surface area contributed by atoms with Gasteiger partial charge in [0.2, 0.25) is 0 Å². The number of hydrogen-bond donors (Lipinski definition) is 2. The molecule has 1 rings (SSSR count). The first kappa shape index (κ1) is 9.81. The molecule has 0 aromatic rings. The Morgan fingerprint density at radius 1 is 1.38 bits per heavy atom. The van der Waals surface area contributed by atoms with E-state index >= 15 is 0 Å². The minimum absolute atomic E-state index is 0. The second-order valence-corrected chi connectivity index (χ2v) is 3.12.